The third kappa shape index (κ3) is 3.96. The molecule has 0 atom stereocenters. The maximum absolute atomic E-state index is 12.5. The van der Waals surface area contributed by atoms with Crippen molar-refractivity contribution in [2.45, 2.75) is 6.54 Å². The van der Waals surface area contributed by atoms with E-state index in [4.69, 9.17) is 20.8 Å². The maximum atomic E-state index is 12.5. The summed E-state index contributed by atoms with van der Waals surface area (Å²) in [6.45, 7) is 2.29. The summed E-state index contributed by atoms with van der Waals surface area (Å²) in [6, 6.07) is 8.94. The number of halogens is 1. The summed E-state index contributed by atoms with van der Waals surface area (Å²) in [4.78, 5) is 27.3. The van der Waals surface area contributed by atoms with E-state index in [1.54, 1.807) is 24.3 Å². The number of carbonyl (C=O) groups excluding carboxylic acids is 1. The maximum Gasteiger partial charge on any atom is 0.437 e. The van der Waals surface area contributed by atoms with E-state index in [-0.39, 0.29) is 12.4 Å². The summed E-state index contributed by atoms with van der Waals surface area (Å²) in [6.07, 6.45) is 0. The number of morpholine rings is 1. The number of amides is 1. The van der Waals surface area contributed by atoms with Gasteiger partial charge in [-0.15, -0.1) is 16.4 Å². The lowest BCUT2D eigenvalue weighted by atomic mass is 10.2. The standard InChI is InChI=1S/C18H17ClN4O4S/c19-12-3-1-4-13(16(12)22-6-8-26-9-7-22)20-15(24)11-23-18(25)27-17(21-23)14-5-2-10-28-14/h1-5,10H,6-9,11H2,(H,20,24). The number of ether oxygens (including phenoxy) is 1. The molecule has 146 valence electrons. The van der Waals surface area contributed by atoms with Gasteiger partial charge >= 0.3 is 5.76 Å². The van der Waals surface area contributed by atoms with Crippen molar-refractivity contribution >= 4 is 40.2 Å². The van der Waals surface area contributed by atoms with Gasteiger partial charge in [0.05, 0.1) is 34.5 Å². The van der Waals surface area contributed by atoms with Crippen LogP contribution in [0.4, 0.5) is 11.4 Å². The van der Waals surface area contributed by atoms with Crippen LogP contribution in [0.3, 0.4) is 0 Å². The lowest BCUT2D eigenvalue weighted by molar-refractivity contribution is -0.117. The van der Waals surface area contributed by atoms with Gasteiger partial charge in [-0.1, -0.05) is 23.7 Å². The van der Waals surface area contributed by atoms with Crippen molar-refractivity contribution < 1.29 is 13.9 Å². The first-order chi connectivity index (χ1) is 13.6. The molecule has 1 saturated heterocycles. The highest BCUT2D eigenvalue weighted by Gasteiger charge is 2.20. The Morgan fingerprint density at radius 2 is 2.07 bits per heavy atom. The summed E-state index contributed by atoms with van der Waals surface area (Å²) in [5.74, 6) is -0.882. The van der Waals surface area contributed by atoms with Crippen LogP contribution in [0, 0.1) is 0 Å². The predicted octanol–water partition coefficient (Wildman–Crippen LogP) is 2.69. The molecule has 4 rings (SSSR count). The number of thiophene rings is 1. The molecule has 1 N–H and O–H groups in total. The van der Waals surface area contributed by atoms with Gasteiger partial charge in [-0.3, -0.25) is 4.79 Å². The van der Waals surface area contributed by atoms with E-state index in [9.17, 15) is 9.59 Å². The fourth-order valence-electron chi connectivity index (χ4n) is 2.96. The average Bonchev–Trinajstić information content (AvgIpc) is 3.33. The van der Waals surface area contributed by atoms with Crippen LogP contribution in [0.15, 0.2) is 44.9 Å². The number of nitrogens with one attached hydrogen (secondary N) is 1. The number of hydrogen-bond acceptors (Lipinski definition) is 7. The molecule has 0 unspecified atom stereocenters. The molecule has 0 saturated carbocycles. The molecule has 3 aromatic rings. The van der Waals surface area contributed by atoms with Crippen molar-refractivity contribution in [1.82, 2.24) is 9.78 Å². The summed E-state index contributed by atoms with van der Waals surface area (Å²) in [5.41, 5.74) is 1.32. The van der Waals surface area contributed by atoms with Crippen LogP contribution >= 0.6 is 22.9 Å². The number of rotatable bonds is 5. The zero-order valence-corrected chi connectivity index (χ0v) is 16.3. The number of nitrogens with zero attached hydrogens (tertiary/aromatic N) is 3. The van der Waals surface area contributed by atoms with E-state index in [1.165, 1.54) is 11.3 Å². The minimum Gasteiger partial charge on any atom is -0.387 e. The van der Waals surface area contributed by atoms with Crippen LogP contribution in [-0.2, 0) is 16.1 Å². The molecule has 1 aliphatic heterocycles. The average molecular weight is 421 g/mol. The lowest BCUT2D eigenvalue weighted by Gasteiger charge is -2.31. The van der Waals surface area contributed by atoms with Gasteiger partial charge in [-0.2, -0.15) is 4.68 Å². The molecule has 0 spiro atoms. The molecule has 1 fully saturated rings. The smallest absolute Gasteiger partial charge is 0.387 e. The summed E-state index contributed by atoms with van der Waals surface area (Å²) >= 11 is 7.78. The first-order valence-corrected chi connectivity index (χ1v) is 9.90. The van der Waals surface area contributed by atoms with Gasteiger partial charge in [-0.05, 0) is 23.6 Å². The molecule has 0 radical (unpaired) electrons. The summed E-state index contributed by atoms with van der Waals surface area (Å²) in [7, 11) is 0. The number of aromatic nitrogens is 2. The number of anilines is 2. The number of carbonyl (C=O) groups is 1. The quantitative estimate of drug-likeness (QED) is 0.682. The van der Waals surface area contributed by atoms with Crippen molar-refractivity contribution in [3.8, 4) is 10.8 Å². The third-order valence-electron chi connectivity index (χ3n) is 4.22. The Hall–Kier alpha value is -2.62. The Balaban J connectivity index is 1.52. The topological polar surface area (TPSA) is 89.6 Å². The zero-order valence-electron chi connectivity index (χ0n) is 14.8. The van der Waals surface area contributed by atoms with Gasteiger partial charge in [0.25, 0.3) is 5.89 Å². The van der Waals surface area contributed by atoms with Crippen LogP contribution in [0.5, 0.6) is 0 Å². The predicted molar refractivity (Wildman–Crippen MR) is 107 cm³/mol. The molecule has 28 heavy (non-hydrogen) atoms. The SMILES string of the molecule is O=C(Cn1nc(-c2cccs2)oc1=O)Nc1cccc(Cl)c1N1CCOCC1. The van der Waals surface area contributed by atoms with Crippen LogP contribution in [-0.4, -0.2) is 42.0 Å². The van der Waals surface area contributed by atoms with E-state index >= 15 is 0 Å². The number of para-hydroxylation sites is 1. The highest BCUT2D eigenvalue weighted by atomic mass is 35.5. The van der Waals surface area contributed by atoms with Crippen molar-refractivity contribution in [2.24, 2.45) is 0 Å². The van der Waals surface area contributed by atoms with Crippen LogP contribution in [0.25, 0.3) is 10.8 Å². The molecule has 2 aromatic heterocycles. The minimum absolute atomic E-state index is 0.199. The number of benzene rings is 1. The fourth-order valence-corrected chi connectivity index (χ4v) is 3.89. The Morgan fingerprint density at radius 1 is 1.25 bits per heavy atom. The third-order valence-corrected chi connectivity index (χ3v) is 5.38. The van der Waals surface area contributed by atoms with Crippen molar-refractivity contribution in [3.63, 3.8) is 0 Å². The van der Waals surface area contributed by atoms with Crippen LogP contribution < -0.4 is 16.0 Å². The van der Waals surface area contributed by atoms with Crippen molar-refractivity contribution in [3.05, 3.63) is 51.3 Å². The minimum atomic E-state index is -0.682. The Morgan fingerprint density at radius 3 is 2.82 bits per heavy atom. The highest BCUT2D eigenvalue weighted by molar-refractivity contribution is 7.13. The first-order valence-electron chi connectivity index (χ1n) is 8.65. The van der Waals surface area contributed by atoms with Gasteiger partial charge in [0.15, 0.2) is 0 Å². The molecule has 8 nitrogen and oxygen atoms in total. The van der Waals surface area contributed by atoms with Crippen LogP contribution in [0.2, 0.25) is 5.02 Å². The Labute approximate surface area is 169 Å². The molecule has 1 aromatic carbocycles. The molecule has 1 aliphatic rings. The Bertz CT molecular complexity index is 1020. The highest BCUT2D eigenvalue weighted by Crippen LogP contribution is 2.34. The van der Waals surface area contributed by atoms with Gasteiger partial charge in [-0.25, -0.2) is 4.79 Å². The summed E-state index contributed by atoms with van der Waals surface area (Å²) < 4.78 is 11.5. The van der Waals surface area contributed by atoms with Crippen LogP contribution in [0.1, 0.15) is 0 Å². The van der Waals surface area contributed by atoms with E-state index in [0.717, 1.165) is 15.2 Å². The van der Waals surface area contributed by atoms with Gasteiger partial charge < -0.3 is 19.4 Å². The second-order valence-corrected chi connectivity index (χ2v) is 7.45. The normalized spacial score (nSPS) is 14.2. The van der Waals surface area contributed by atoms with E-state index in [0.29, 0.717) is 37.0 Å². The summed E-state index contributed by atoms with van der Waals surface area (Å²) in [5, 5.41) is 9.32. The zero-order chi connectivity index (χ0) is 19.5. The second kappa shape index (κ2) is 8.17. The molecule has 1 amide bonds. The van der Waals surface area contributed by atoms with E-state index < -0.39 is 11.7 Å². The van der Waals surface area contributed by atoms with Gasteiger partial charge in [0.2, 0.25) is 5.91 Å². The lowest BCUT2D eigenvalue weighted by Crippen LogP contribution is -2.37. The van der Waals surface area contributed by atoms with Gasteiger partial charge in [0, 0.05) is 13.1 Å². The fraction of sp³-hybridized carbons (Fsp3) is 0.278. The molecule has 3 heterocycles. The Kier molecular flexibility index (Phi) is 5.47. The van der Waals surface area contributed by atoms with E-state index in [1.807, 2.05) is 11.4 Å². The van der Waals surface area contributed by atoms with E-state index in [2.05, 4.69) is 15.3 Å². The molecular formula is C18H17ClN4O4S. The van der Waals surface area contributed by atoms with Crippen molar-refractivity contribution in [1.29, 1.82) is 0 Å². The second-order valence-electron chi connectivity index (χ2n) is 6.09. The number of hydrogen-bond donors (Lipinski definition) is 1. The molecule has 0 bridgehead atoms. The molecule has 10 heteroatoms. The van der Waals surface area contributed by atoms with Gasteiger partial charge in [0.1, 0.15) is 6.54 Å². The monoisotopic (exact) mass is 420 g/mol. The largest absolute Gasteiger partial charge is 0.437 e. The first kappa shape index (κ1) is 18.7. The van der Waals surface area contributed by atoms with Crippen molar-refractivity contribution in [2.75, 3.05) is 36.5 Å². The molecular weight excluding hydrogens is 404 g/mol. The molecule has 0 aliphatic carbocycles.